The minimum Gasteiger partial charge on any atom is -0.383 e. The van der Waals surface area contributed by atoms with Crippen molar-refractivity contribution in [1.82, 2.24) is 5.32 Å². The summed E-state index contributed by atoms with van der Waals surface area (Å²) < 4.78 is 46.1. The summed E-state index contributed by atoms with van der Waals surface area (Å²) in [7, 11) is 1.51. The molecule has 2 unspecified atom stereocenters. The number of ether oxygens (including phenoxy) is 2. The molecule has 0 fully saturated rings. The fraction of sp³-hybridized carbons (Fsp3) is 1.00. The number of rotatable bonds is 8. The summed E-state index contributed by atoms with van der Waals surface area (Å²) in [5.41, 5.74) is 0. The van der Waals surface area contributed by atoms with Crippen LogP contribution in [0.5, 0.6) is 0 Å². The third-order valence-corrected chi connectivity index (χ3v) is 2.06. The van der Waals surface area contributed by atoms with Crippen molar-refractivity contribution in [3.05, 3.63) is 0 Å². The topological polar surface area (TPSA) is 30.5 Å². The molecule has 0 saturated heterocycles. The lowest BCUT2D eigenvalue weighted by Gasteiger charge is -2.22. The van der Waals surface area contributed by atoms with Gasteiger partial charge in [-0.1, -0.05) is 6.92 Å². The van der Waals surface area contributed by atoms with Gasteiger partial charge < -0.3 is 14.8 Å². The molecule has 0 aromatic carbocycles. The minimum absolute atomic E-state index is 0.00544. The Morgan fingerprint density at radius 2 is 1.88 bits per heavy atom. The molecule has 0 bridgehead atoms. The molecular weight excluding hydrogens is 223 g/mol. The molecule has 0 aromatic heterocycles. The van der Waals surface area contributed by atoms with Gasteiger partial charge >= 0.3 is 6.18 Å². The zero-order valence-corrected chi connectivity index (χ0v) is 9.93. The number of halogens is 3. The van der Waals surface area contributed by atoms with Crippen LogP contribution in [0.25, 0.3) is 0 Å². The lowest BCUT2D eigenvalue weighted by molar-refractivity contribution is -0.216. The lowest BCUT2D eigenvalue weighted by Crippen LogP contribution is -2.40. The number of alkyl halides is 3. The largest absolute Gasteiger partial charge is 0.414 e. The summed E-state index contributed by atoms with van der Waals surface area (Å²) in [4.78, 5) is 0. The fourth-order valence-electron chi connectivity index (χ4n) is 1.07. The average Bonchev–Trinajstić information content (AvgIpc) is 2.20. The molecule has 98 valence electrons. The Kier molecular flexibility index (Phi) is 7.70. The van der Waals surface area contributed by atoms with Crippen LogP contribution in [0.1, 0.15) is 20.3 Å². The quantitative estimate of drug-likeness (QED) is 0.707. The maximum atomic E-state index is 12.2. The summed E-state index contributed by atoms with van der Waals surface area (Å²) in [6, 6.07) is -0.199. The molecule has 0 rings (SSSR count). The average molecular weight is 243 g/mol. The second-order valence-electron chi connectivity index (χ2n) is 3.62. The van der Waals surface area contributed by atoms with E-state index in [1.807, 2.05) is 6.92 Å². The van der Waals surface area contributed by atoms with Crippen LogP contribution in [0.4, 0.5) is 13.2 Å². The van der Waals surface area contributed by atoms with Gasteiger partial charge in [0, 0.05) is 7.11 Å². The maximum absolute atomic E-state index is 12.2. The van der Waals surface area contributed by atoms with E-state index in [-0.39, 0.29) is 12.6 Å². The van der Waals surface area contributed by atoms with Gasteiger partial charge in [-0.15, -0.1) is 0 Å². The molecule has 0 spiro atoms. The number of methoxy groups -OCH3 is 1. The van der Waals surface area contributed by atoms with Crippen molar-refractivity contribution in [2.45, 2.75) is 38.6 Å². The van der Waals surface area contributed by atoms with Gasteiger partial charge in [0.25, 0.3) is 0 Å². The van der Waals surface area contributed by atoms with E-state index >= 15 is 0 Å². The predicted octanol–water partition coefficient (Wildman–Crippen LogP) is 1.97. The van der Waals surface area contributed by atoms with Crippen molar-refractivity contribution >= 4 is 0 Å². The van der Waals surface area contributed by atoms with Crippen LogP contribution in [0.3, 0.4) is 0 Å². The molecule has 0 aromatic rings. The SMILES string of the molecule is CCCNC(COC)COC(C)C(F)(F)F. The lowest BCUT2D eigenvalue weighted by atomic mass is 10.3. The smallest absolute Gasteiger partial charge is 0.383 e. The Balaban J connectivity index is 3.91. The molecule has 0 aliphatic heterocycles. The van der Waals surface area contributed by atoms with E-state index in [1.54, 1.807) is 0 Å². The summed E-state index contributed by atoms with van der Waals surface area (Å²) in [5, 5.41) is 3.06. The van der Waals surface area contributed by atoms with Crippen LogP contribution in [-0.4, -0.2) is 45.2 Å². The van der Waals surface area contributed by atoms with Gasteiger partial charge in [-0.05, 0) is 19.9 Å². The van der Waals surface area contributed by atoms with E-state index in [2.05, 4.69) is 5.32 Å². The van der Waals surface area contributed by atoms with Crippen LogP contribution >= 0.6 is 0 Å². The van der Waals surface area contributed by atoms with Gasteiger partial charge in [-0.3, -0.25) is 0 Å². The maximum Gasteiger partial charge on any atom is 0.414 e. The van der Waals surface area contributed by atoms with E-state index in [9.17, 15) is 13.2 Å². The van der Waals surface area contributed by atoms with E-state index in [1.165, 1.54) is 7.11 Å². The molecule has 0 aliphatic rings. The molecule has 0 radical (unpaired) electrons. The first-order chi connectivity index (χ1) is 7.41. The molecule has 1 N–H and O–H groups in total. The molecule has 0 aliphatic carbocycles. The van der Waals surface area contributed by atoms with Crippen molar-refractivity contribution in [2.24, 2.45) is 0 Å². The van der Waals surface area contributed by atoms with Crippen LogP contribution in [-0.2, 0) is 9.47 Å². The van der Waals surface area contributed by atoms with E-state index in [0.29, 0.717) is 6.61 Å². The molecule has 3 nitrogen and oxygen atoms in total. The van der Waals surface area contributed by atoms with E-state index < -0.39 is 12.3 Å². The second kappa shape index (κ2) is 7.86. The molecular formula is C10H20F3NO2. The van der Waals surface area contributed by atoms with Crippen molar-refractivity contribution in [2.75, 3.05) is 26.9 Å². The predicted molar refractivity (Wildman–Crippen MR) is 55.4 cm³/mol. The van der Waals surface area contributed by atoms with E-state index in [4.69, 9.17) is 9.47 Å². The minimum atomic E-state index is -4.30. The zero-order valence-electron chi connectivity index (χ0n) is 9.93. The number of hydrogen-bond acceptors (Lipinski definition) is 3. The molecule has 0 saturated carbocycles. The molecule has 6 heteroatoms. The molecule has 0 heterocycles. The Labute approximate surface area is 94.3 Å². The van der Waals surface area contributed by atoms with Gasteiger partial charge in [0.2, 0.25) is 0 Å². The summed E-state index contributed by atoms with van der Waals surface area (Å²) >= 11 is 0. The Morgan fingerprint density at radius 1 is 1.25 bits per heavy atom. The van der Waals surface area contributed by atoms with Crippen molar-refractivity contribution in [3.63, 3.8) is 0 Å². The third-order valence-electron chi connectivity index (χ3n) is 2.06. The highest BCUT2D eigenvalue weighted by atomic mass is 19.4. The van der Waals surface area contributed by atoms with Gasteiger partial charge in [0.15, 0.2) is 6.10 Å². The highest BCUT2D eigenvalue weighted by Gasteiger charge is 2.37. The van der Waals surface area contributed by atoms with Crippen molar-refractivity contribution in [1.29, 1.82) is 0 Å². The van der Waals surface area contributed by atoms with Crippen LogP contribution < -0.4 is 5.32 Å². The monoisotopic (exact) mass is 243 g/mol. The summed E-state index contributed by atoms with van der Waals surface area (Å²) in [6.45, 7) is 4.05. The third kappa shape index (κ3) is 7.03. The van der Waals surface area contributed by atoms with Gasteiger partial charge in [-0.2, -0.15) is 13.2 Å². The second-order valence-corrected chi connectivity index (χ2v) is 3.62. The number of hydrogen-bond donors (Lipinski definition) is 1. The molecule has 2 atom stereocenters. The highest BCUT2D eigenvalue weighted by molar-refractivity contribution is 4.68. The van der Waals surface area contributed by atoms with Crippen molar-refractivity contribution < 1.29 is 22.6 Å². The fourth-order valence-corrected chi connectivity index (χ4v) is 1.07. The van der Waals surface area contributed by atoms with Crippen LogP contribution in [0.2, 0.25) is 0 Å². The number of nitrogens with one attached hydrogen (secondary N) is 1. The molecule has 16 heavy (non-hydrogen) atoms. The van der Waals surface area contributed by atoms with Gasteiger partial charge in [0.1, 0.15) is 0 Å². The van der Waals surface area contributed by atoms with Crippen molar-refractivity contribution in [3.8, 4) is 0 Å². The van der Waals surface area contributed by atoms with Gasteiger partial charge in [0.05, 0.1) is 19.3 Å². The molecule has 0 amide bonds. The standard InChI is InChI=1S/C10H20F3NO2/c1-4-5-14-9(6-15-3)7-16-8(2)10(11,12)13/h8-9,14H,4-7H2,1-3H3. The first-order valence-electron chi connectivity index (χ1n) is 5.32. The van der Waals surface area contributed by atoms with Gasteiger partial charge in [-0.25, -0.2) is 0 Å². The first-order valence-corrected chi connectivity index (χ1v) is 5.32. The Morgan fingerprint density at radius 3 is 2.31 bits per heavy atom. The zero-order chi connectivity index (χ0) is 12.6. The first kappa shape index (κ1) is 15.7. The highest BCUT2D eigenvalue weighted by Crippen LogP contribution is 2.22. The summed E-state index contributed by atoms with van der Waals surface area (Å²) in [6.07, 6.45) is -5.13. The normalized spacial score (nSPS) is 16.1. The Bertz CT molecular complexity index is 176. The summed E-state index contributed by atoms with van der Waals surface area (Å²) in [5.74, 6) is 0. The Hall–Kier alpha value is -0.330. The van der Waals surface area contributed by atoms with Crippen LogP contribution in [0, 0.1) is 0 Å². The van der Waals surface area contributed by atoms with Crippen LogP contribution in [0.15, 0.2) is 0 Å². The van der Waals surface area contributed by atoms with E-state index in [0.717, 1.165) is 19.9 Å².